The van der Waals surface area contributed by atoms with Crippen LogP contribution in [-0.4, -0.2) is 6.54 Å². The maximum atomic E-state index is 3.39. The molecule has 0 spiro atoms. The lowest BCUT2D eigenvalue weighted by Crippen LogP contribution is -1.99. The third-order valence-electron chi connectivity index (χ3n) is 2.37. The Morgan fingerprint density at radius 3 is 2.67 bits per heavy atom. The monoisotopic (exact) mass is 203 g/mol. The zero-order chi connectivity index (χ0) is 11.3. The number of anilines is 1. The van der Waals surface area contributed by atoms with Gasteiger partial charge in [-0.15, -0.1) is 0 Å². The Hall–Kier alpha value is -1.24. The summed E-state index contributed by atoms with van der Waals surface area (Å²) in [5.41, 5.74) is 3.94. The van der Waals surface area contributed by atoms with E-state index in [1.807, 2.05) is 0 Å². The van der Waals surface area contributed by atoms with Crippen molar-refractivity contribution in [3.63, 3.8) is 0 Å². The molecule has 1 heteroatoms. The quantitative estimate of drug-likeness (QED) is 0.723. The molecule has 0 amide bonds. The number of hydrogen-bond acceptors (Lipinski definition) is 1. The zero-order valence-electron chi connectivity index (χ0n) is 10.2. The topological polar surface area (TPSA) is 12.0 Å². The minimum atomic E-state index is 0.593. The lowest BCUT2D eigenvalue weighted by atomic mass is 10.0. The van der Waals surface area contributed by atoms with Crippen molar-refractivity contribution >= 4 is 5.69 Å². The molecule has 82 valence electrons. The van der Waals surface area contributed by atoms with Crippen LogP contribution in [-0.2, 0) is 0 Å². The van der Waals surface area contributed by atoms with Gasteiger partial charge in [-0.1, -0.05) is 37.6 Å². The van der Waals surface area contributed by atoms with Crippen molar-refractivity contribution in [2.75, 3.05) is 11.9 Å². The molecule has 1 nitrogen and oxygen atoms in total. The van der Waals surface area contributed by atoms with Gasteiger partial charge in [-0.05, 0) is 37.5 Å². The van der Waals surface area contributed by atoms with Gasteiger partial charge in [0.2, 0.25) is 0 Å². The summed E-state index contributed by atoms with van der Waals surface area (Å²) in [5.74, 6) is 0.593. The molecule has 1 N–H and O–H groups in total. The largest absolute Gasteiger partial charge is 0.382 e. The van der Waals surface area contributed by atoms with Gasteiger partial charge in [0.25, 0.3) is 0 Å². The molecule has 0 saturated heterocycles. The number of rotatable bonds is 4. The highest BCUT2D eigenvalue weighted by Gasteiger charge is 1.98. The van der Waals surface area contributed by atoms with Crippen LogP contribution in [0.2, 0.25) is 0 Å². The van der Waals surface area contributed by atoms with Crippen LogP contribution >= 0.6 is 0 Å². The van der Waals surface area contributed by atoms with E-state index in [0.29, 0.717) is 5.92 Å². The molecule has 0 fully saturated rings. The molecule has 0 bridgehead atoms. The number of benzene rings is 1. The van der Waals surface area contributed by atoms with Gasteiger partial charge < -0.3 is 5.32 Å². The second-order valence-corrected chi connectivity index (χ2v) is 4.44. The average molecular weight is 203 g/mol. The fraction of sp³-hybridized carbons (Fsp3) is 0.429. The molecular weight excluding hydrogens is 182 g/mol. The maximum Gasteiger partial charge on any atom is 0.0345 e. The van der Waals surface area contributed by atoms with Gasteiger partial charge >= 0.3 is 0 Å². The van der Waals surface area contributed by atoms with Crippen molar-refractivity contribution < 1.29 is 0 Å². The van der Waals surface area contributed by atoms with Crippen molar-refractivity contribution in [2.45, 2.75) is 33.6 Å². The normalized spacial score (nSPS) is 10.2. The SMILES string of the molecule is CC(C)=CCNc1cccc(C(C)C)c1. The first-order valence-electron chi connectivity index (χ1n) is 5.57. The van der Waals surface area contributed by atoms with Crippen LogP contribution in [0.25, 0.3) is 0 Å². The lowest BCUT2D eigenvalue weighted by Gasteiger charge is -2.09. The molecule has 1 aromatic rings. The zero-order valence-corrected chi connectivity index (χ0v) is 10.2. The first kappa shape index (κ1) is 11.8. The standard InChI is InChI=1S/C14H21N/c1-11(2)8-9-15-14-7-5-6-13(10-14)12(3)4/h5-8,10,12,15H,9H2,1-4H3. The third-order valence-corrected chi connectivity index (χ3v) is 2.37. The molecule has 15 heavy (non-hydrogen) atoms. The second kappa shape index (κ2) is 5.59. The van der Waals surface area contributed by atoms with E-state index in [1.54, 1.807) is 0 Å². The van der Waals surface area contributed by atoms with E-state index in [1.165, 1.54) is 16.8 Å². The van der Waals surface area contributed by atoms with E-state index >= 15 is 0 Å². The number of allylic oxidation sites excluding steroid dienone is 1. The molecule has 0 aliphatic carbocycles. The van der Waals surface area contributed by atoms with Gasteiger partial charge in [0.15, 0.2) is 0 Å². The highest BCUT2D eigenvalue weighted by Crippen LogP contribution is 2.18. The number of hydrogen-bond donors (Lipinski definition) is 1. The Balaban J connectivity index is 2.62. The summed E-state index contributed by atoms with van der Waals surface area (Å²) in [6.07, 6.45) is 2.20. The molecule has 0 saturated carbocycles. The highest BCUT2D eigenvalue weighted by atomic mass is 14.9. The van der Waals surface area contributed by atoms with Gasteiger partial charge in [0, 0.05) is 12.2 Å². The molecule has 0 atom stereocenters. The molecular formula is C14H21N. The Labute approximate surface area is 93.2 Å². The fourth-order valence-corrected chi connectivity index (χ4v) is 1.38. The van der Waals surface area contributed by atoms with Gasteiger partial charge in [-0.25, -0.2) is 0 Å². The summed E-state index contributed by atoms with van der Waals surface area (Å²) >= 11 is 0. The average Bonchev–Trinajstić information content (AvgIpc) is 2.17. The highest BCUT2D eigenvalue weighted by molar-refractivity contribution is 5.46. The molecule has 0 aliphatic heterocycles. The second-order valence-electron chi connectivity index (χ2n) is 4.44. The maximum absolute atomic E-state index is 3.39. The molecule has 0 heterocycles. The smallest absolute Gasteiger partial charge is 0.0345 e. The van der Waals surface area contributed by atoms with Gasteiger partial charge in [0.1, 0.15) is 0 Å². The first-order valence-corrected chi connectivity index (χ1v) is 5.57. The van der Waals surface area contributed by atoms with Gasteiger partial charge in [-0.3, -0.25) is 0 Å². The predicted molar refractivity (Wildman–Crippen MR) is 68.5 cm³/mol. The van der Waals surface area contributed by atoms with Crippen LogP contribution in [0.5, 0.6) is 0 Å². The fourth-order valence-electron chi connectivity index (χ4n) is 1.38. The van der Waals surface area contributed by atoms with Crippen LogP contribution in [0.4, 0.5) is 5.69 Å². The van der Waals surface area contributed by atoms with E-state index in [4.69, 9.17) is 0 Å². The van der Waals surface area contributed by atoms with Gasteiger partial charge in [-0.2, -0.15) is 0 Å². The van der Waals surface area contributed by atoms with Crippen molar-refractivity contribution in [3.8, 4) is 0 Å². The van der Waals surface area contributed by atoms with E-state index in [2.05, 4.69) is 63.4 Å². The van der Waals surface area contributed by atoms with E-state index < -0.39 is 0 Å². The summed E-state index contributed by atoms with van der Waals surface area (Å²) in [7, 11) is 0. The Morgan fingerprint density at radius 1 is 1.33 bits per heavy atom. The molecule has 0 unspecified atom stereocenters. The Bertz CT molecular complexity index is 333. The summed E-state index contributed by atoms with van der Waals surface area (Å²) < 4.78 is 0. The van der Waals surface area contributed by atoms with Gasteiger partial charge in [0.05, 0.1) is 0 Å². The van der Waals surface area contributed by atoms with Crippen molar-refractivity contribution in [1.82, 2.24) is 0 Å². The van der Waals surface area contributed by atoms with Crippen molar-refractivity contribution in [1.29, 1.82) is 0 Å². The lowest BCUT2D eigenvalue weighted by molar-refractivity contribution is 0.867. The first-order chi connectivity index (χ1) is 7.09. The van der Waals surface area contributed by atoms with Crippen LogP contribution in [0.1, 0.15) is 39.2 Å². The molecule has 0 radical (unpaired) electrons. The molecule has 1 aromatic carbocycles. The molecule has 1 rings (SSSR count). The summed E-state index contributed by atoms with van der Waals surface area (Å²) in [6.45, 7) is 9.58. The summed E-state index contributed by atoms with van der Waals surface area (Å²) in [6, 6.07) is 8.63. The Morgan fingerprint density at radius 2 is 2.07 bits per heavy atom. The van der Waals surface area contributed by atoms with Crippen molar-refractivity contribution in [3.05, 3.63) is 41.5 Å². The third kappa shape index (κ3) is 4.20. The number of nitrogens with one attached hydrogen (secondary N) is 1. The van der Waals surface area contributed by atoms with Crippen LogP contribution in [0.15, 0.2) is 35.9 Å². The predicted octanol–water partition coefficient (Wildman–Crippen LogP) is 4.19. The molecule has 0 aromatic heterocycles. The van der Waals surface area contributed by atoms with Crippen molar-refractivity contribution in [2.24, 2.45) is 0 Å². The van der Waals surface area contributed by atoms with Crippen LogP contribution in [0.3, 0.4) is 0 Å². The minimum Gasteiger partial charge on any atom is -0.382 e. The molecule has 0 aliphatic rings. The Kier molecular flexibility index (Phi) is 4.41. The summed E-state index contributed by atoms with van der Waals surface area (Å²) in [5, 5.41) is 3.39. The minimum absolute atomic E-state index is 0.593. The van der Waals surface area contributed by atoms with E-state index in [9.17, 15) is 0 Å². The summed E-state index contributed by atoms with van der Waals surface area (Å²) in [4.78, 5) is 0. The van der Waals surface area contributed by atoms with Crippen LogP contribution < -0.4 is 5.32 Å². The van der Waals surface area contributed by atoms with E-state index in [-0.39, 0.29) is 0 Å². The van der Waals surface area contributed by atoms with Crippen LogP contribution in [0, 0.1) is 0 Å². The van der Waals surface area contributed by atoms with E-state index in [0.717, 1.165) is 6.54 Å².